The van der Waals surface area contributed by atoms with Crippen molar-refractivity contribution < 1.29 is 19.7 Å². The van der Waals surface area contributed by atoms with E-state index in [1.807, 2.05) is 0 Å². The summed E-state index contributed by atoms with van der Waals surface area (Å²) in [7, 11) is 0. The summed E-state index contributed by atoms with van der Waals surface area (Å²) in [6.07, 6.45) is 9.23. The first kappa shape index (κ1) is 22.5. The molecule has 1 rings (SSSR count). The molecular weight excluding hydrogens is 328 g/mol. The third kappa shape index (κ3) is 6.30. The summed E-state index contributed by atoms with van der Waals surface area (Å²) in [5.74, 6) is 1.23. The minimum absolute atomic E-state index is 0.0288. The molecule has 4 heteroatoms. The summed E-state index contributed by atoms with van der Waals surface area (Å²) in [6, 6.07) is 0. The van der Waals surface area contributed by atoms with Crippen LogP contribution in [0.1, 0.15) is 90.2 Å². The van der Waals surface area contributed by atoms with E-state index in [1.54, 1.807) is 0 Å². The maximum absolute atomic E-state index is 10.7. The Bertz CT molecular complexity index is 479. The number of benzene rings is 1. The highest BCUT2D eigenvalue weighted by atomic mass is 16.5. The van der Waals surface area contributed by atoms with Crippen LogP contribution in [0.3, 0.4) is 0 Å². The van der Waals surface area contributed by atoms with Gasteiger partial charge in [0.15, 0.2) is 23.0 Å². The molecule has 0 aliphatic carbocycles. The molecule has 2 N–H and O–H groups in total. The third-order valence-corrected chi connectivity index (χ3v) is 4.60. The van der Waals surface area contributed by atoms with E-state index in [0.717, 1.165) is 51.4 Å². The maximum atomic E-state index is 10.7. The Hall–Kier alpha value is -1.58. The molecule has 0 fully saturated rings. The van der Waals surface area contributed by atoms with E-state index in [-0.39, 0.29) is 11.5 Å². The summed E-state index contributed by atoms with van der Waals surface area (Å²) in [5, 5.41) is 21.3. The van der Waals surface area contributed by atoms with Gasteiger partial charge in [0.2, 0.25) is 0 Å². The van der Waals surface area contributed by atoms with Crippen LogP contribution < -0.4 is 9.47 Å². The van der Waals surface area contributed by atoms with Crippen molar-refractivity contribution in [3.63, 3.8) is 0 Å². The van der Waals surface area contributed by atoms with Gasteiger partial charge in [-0.05, 0) is 38.5 Å². The number of aromatic hydroxyl groups is 2. The van der Waals surface area contributed by atoms with Gasteiger partial charge in [0.05, 0.1) is 13.2 Å². The zero-order valence-electron chi connectivity index (χ0n) is 17.2. The van der Waals surface area contributed by atoms with Crippen molar-refractivity contribution in [2.45, 2.75) is 91.9 Å². The van der Waals surface area contributed by atoms with Crippen LogP contribution in [0.4, 0.5) is 0 Å². The summed E-state index contributed by atoms with van der Waals surface area (Å²) < 4.78 is 12.2. The predicted octanol–water partition coefficient (Wildman–Crippen LogP) is 6.14. The lowest BCUT2D eigenvalue weighted by atomic mass is 9.98. The van der Waals surface area contributed by atoms with Crippen LogP contribution in [0.5, 0.6) is 23.0 Å². The van der Waals surface area contributed by atoms with E-state index in [0.29, 0.717) is 48.7 Å². The molecule has 0 radical (unpaired) electrons. The van der Waals surface area contributed by atoms with Crippen LogP contribution in [0, 0.1) is 0 Å². The SMILES string of the molecule is CCCCOc1c(CCCC)c(O)c(O)c(CCCC)c1OCCCC. The summed E-state index contributed by atoms with van der Waals surface area (Å²) in [5.41, 5.74) is 1.37. The van der Waals surface area contributed by atoms with E-state index in [4.69, 9.17) is 9.47 Å². The van der Waals surface area contributed by atoms with E-state index in [9.17, 15) is 10.2 Å². The number of ether oxygens (including phenoxy) is 2. The van der Waals surface area contributed by atoms with E-state index < -0.39 is 0 Å². The van der Waals surface area contributed by atoms with Crippen molar-refractivity contribution in [2.75, 3.05) is 13.2 Å². The number of unbranched alkanes of at least 4 members (excludes halogenated alkanes) is 4. The molecule has 0 heterocycles. The predicted molar refractivity (Wildman–Crippen MR) is 108 cm³/mol. The lowest BCUT2D eigenvalue weighted by Gasteiger charge is -2.22. The van der Waals surface area contributed by atoms with Crippen LogP contribution >= 0.6 is 0 Å². The highest BCUT2D eigenvalue weighted by molar-refractivity contribution is 5.65. The number of phenols is 2. The first-order chi connectivity index (χ1) is 12.6. The van der Waals surface area contributed by atoms with Gasteiger partial charge in [-0.1, -0.05) is 53.4 Å². The summed E-state index contributed by atoms with van der Waals surface area (Å²) >= 11 is 0. The van der Waals surface area contributed by atoms with Gasteiger partial charge in [-0.2, -0.15) is 0 Å². The quantitative estimate of drug-likeness (QED) is 0.307. The highest BCUT2D eigenvalue weighted by Gasteiger charge is 2.25. The molecule has 0 saturated carbocycles. The standard InChI is InChI=1S/C22H38O4/c1-5-9-13-17-19(23)20(24)18(14-10-6-2)22(26-16-12-8-4)21(17)25-15-11-7-3/h23-24H,5-16H2,1-4H3. The average Bonchev–Trinajstić information content (AvgIpc) is 2.64. The lowest BCUT2D eigenvalue weighted by Crippen LogP contribution is -2.08. The van der Waals surface area contributed by atoms with E-state index in [1.165, 1.54) is 0 Å². The lowest BCUT2D eigenvalue weighted by molar-refractivity contribution is 0.252. The van der Waals surface area contributed by atoms with Crippen molar-refractivity contribution in [3.8, 4) is 23.0 Å². The summed E-state index contributed by atoms with van der Waals surface area (Å²) in [4.78, 5) is 0. The van der Waals surface area contributed by atoms with Gasteiger partial charge < -0.3 is 19.7 Å². The molecule has 0 unspecified atom stereocenters. The fourth-order valence-electron chi connectivity index (χ4n) is 2.89. The molecule has 150 valence electrons. The topological polar surface area (TPSA) is 58.9 Å². The zero-order valence-corrected chi connectivity index (χ0v) is 17.2. The molecule has 0 aromatic heterocycles. The van der Waals surface area contributed by atoms with Crippen LogP contribution in [0.25, 0.3) is 0 Å². The molecule has 0 aliphatic heterocycles. The molecule has 0 saturated heterocycles. The Morgan fingerprint density at radius 3 is 1.23 bits per heavy atom. The van der Waals surface area contributed by atoms with Crippen LogP contribution in [-0.2, 0) is 12.8 Å². The van der Waals surface area contributed by atoms with Crippen LogP contribution in [0.2, 0.25) is 0 Å². The van der Waals surface area contributed by atoms with Crippen molar-refractivity contribution in [1.82, 2.24) is 0 Å². The van der Waals surface area contributed by atoms with Gasteiger partial charge in [0.25, 0.3) is 0 Å². The molecule has 26 heavy (non-hydrogen) atoms. The molecule has 0 aliphatic rings. The van der Waals surface area contributed by atoms with Crippen LogP contribution in [-0.4, -0.2) is 23.4 Å². The van der Waals surface area contributed by atoms with Crippen molar-refractivity contribution >= 4 is 0 Å². The van der Waals surface area contributed by atoms with Crippen molar-refractivity contribution in [3.05, 3.63) is 11.1 Å². The molecule has 0 spiro atoms. The molecule has 4 nitrogen and oxygen atoms in total. The maximum Gasteiger partial charge on any atom is 0.168 e. The van der Waals surface area contributed by atoms with Gasteiger partial charge >= 0.3 is 0 Å². The largest absolute Gasteiger partial charge is 0.504 e. The first-order valence-corrected chi connectivity index (χ1v) is 10.5. The smallest absolute Gasteiger partial charge is 0.168 e. The molecule has 0 amide bonds. The Morgan fingerprint density at radius 1 is 0.577 bits per heavy atom. The van der Waals surface area contributed by atoms with E-state index >= 15 is 0 Å². The normalized spacial score (nSPS) is 10.9. The number of rotatable bonds is 14. The second-order valence-corrected chi connectivity index (χ2v) is 6.92. The molecule has 1 aromatic rings. The number of hydrogen-bond acceptors (Lipinski definition) is 4. The minimum atomic E-state index is -0.0288. The zero-order chi connectivity index (χ0) is 19.4. The number of phenolic OH excluding ortho intramolecular Hbond substituents is 2. The fraction of sp³-hybridized carbons (Fsp3) is 0.727. The first-order valence-electron chi connectivity index (χ1n) is 10.5. The third-order valence-electron chi connectivity index (χ3n) is 4.60. The Labute approximate surface area is 159 Å². The van der Waals surface area contributed by atoms with Gasteiger partial charge in [0, 0.05) is 11.1 Å². The molecule has 0 bridgehead atoms. The Balaban J connectivity index is 3.37. The Morgan fingerprint density at radius 2 is 0.923 bits per heavy atom. The minimum Gasteiger partial charge on any atom is -0.504 e. The van der Waals surface area contributed by atoms with Gasteiger partial charge in [-0.25, -0.2) is 0 Å². The Kier molecular flexibility index (Phi) is 11.0. The second-order valence-electron chi connectivity index (χ2n) is 6.92. The van der Waals surface area contributed by atoms with Gasteiger partial charge in [-0.15, -0.1) is 0 Å². The van der Waals surface area contributed by atoms with Crippen LogP contribution in [0.15, 0.2) is 0 Å². The highest BCUT2D eigenvalue weighted by Crippen LogP contribution is 2.49. The monoisotopic (exact) mass is 366 g/mol. The average molecular weight is 367 g/mol. The number of hydrogen-bond donors (Lipinski definition) is 2. The van der Waals surface area contributed by atoms with Crippen molar-refractivity contribution in [1.29, 1.82) is 0 Å². The van der Waals surface area contributed by atoms with Gasteiger partial charge in [-0.3, -0.25) is 0 Å². The van der Waals surface area contributed by atoms with Crippen molar-refractivity contribution in [2.24, 2.45) is 0 Å². The van der Waals surface area contributed by atoms with Gasteiger partial charge in [0.1, 0.15) is 0 Å². The second kappa shape index (κ2) is 12.7. The summed E-state index contributed by atoms with van der Waals surface area (Å²) in [6.45, 7) is 9.67. The molecule has 1 aromatic carbocycles. The van der Waals surface area contributed by atoms with E-state index in [2.05, 4.69) is 27.7 Å². The molecular formula is C22H38O4. The molecule has 0 atom stereocenters. The fourth-order valence-corrected chi connectivity index (χ4v) is 2.89.